The molecule has 0 spiro atoms. The normalized spacial score (nSPS) is 10.5. The Bertz CT molecular complexity index is 624. The van der Waals surface area contributed by atoms with Crippen LogP contribution in [0.15, 0.2) is 27.4 Å². The number of nitro groups is 1. The van der Waals surface area contributed by atoms with E-state index in [2.05, 4.69) is 0 Å². The molecule has 0 aliphatic carbocycles. The van der Waals surface area contributed by atoms with Crippen molar-refractivity contribution < 1.29 is 14.1 Å². The molecule has 0 saturated carbocycles. The number of nitro benzene ring substituents is 1. The maximum atomic E-state index is 11.3. The number of aldehydes is 1. The minimum Gasteiger partial charge on any atom is -0.408 e. The average Bonchev–Trinajstić information content (AvgIpc) is 2.55. The highest BCUT2D eigenvalue weighted by Crippen LogP contribution is 2.19. The minimum atomic E-state index is -0.706. The van der Waals surface area contributed by atoms with Crippen LogP contribution in [-0.2, 0) is 11.3 Å². The van der Waals surface area contributed by atoms with E-state index in [-0.39, 0.29) is 23.3 Å². The fourth-order valence-corrected chi connectivity index (χ4v) is 1.41. The summed E-state index contributed by atoms with van der Waals surface area (Å²) in [4.78, 5) is 31.6. The predicted molar refractivity (Wildman–Crippen MR) is 53.2 cm³/mol. The number of carbonyl (C=O) groups excluding carboxylic acids is 1. The van der Waals surface area contributed by atoms with Gasteiger partial charge < -0.3 is 9.21 Å². The average molecular weight is 222 g/mol. The molecule has 1 aromatic carbocycles. The fraction of sp³-hybridized carbons (Fsp3) is 0.111. The van der Waals surface area contributed by atoms with E-state index in [1.54, 1.807) is 0 Å². The highest BCUT2D eigenvalue weighted by Gasteiger charge is 2.13. The topological polar surface area (TPSA) is 95.3 Å². The number of non-ortho nitro benzene ring substituents is 1. The molecular weight excluding hydrogens is 216 g/mol. The van der Waals surface area contributed by atoms with Crippen LogP contribution in [0.25, 0.3) is 11.1 Å². The Balaban J connectivity index is 2.74. The molecule has 0 aliphatic rings. The molecule has 2 rings (SSSR count). The molecular formula is C9H6N2O5. The van der Waals surface area contributed by atoms with Gasteiger partial charge in [0.25, 0.3) is 5.69 Å². The number of fused-ring (bicyclic) bond motifs is 1. The quantitative estimate of drug-likeness (QED) is 0.432. The van der Waals surface area contributed by atoms with E-state index in [4.69, 9.17) is 4.42 Å². The van der Waals surface area contributed by atoms with Gasteiger partial charge in [0.1, 0.15) is 6.29 Å². The lowest BCUT2D eigenvalue weighted by Crippen LogP contribution is -2.14. The molecule has 0 radical (unpaired) electrons. The number of aromatic nitrogens is 1. The number of carbonyl (C=O) groups is 1. The van der Waals surface area contributed by atoms with E-state index >= 15 is 0 Å². The summed E-state index contributed by atoms with van der Waals surface area (Å²) in [5, 5.41) is 10.5. The minimum absolute atomic E-state index is 0.159. The Morgan fingerprint density at radius 2 is 2.25 bits per heavy atom. The van der Waals surface area contributed by atoms with Crippen molar-refractivity contribution in [2.45, 2.75) is 6.54 Å². The van der Waals surface area contributed by atoms with Crippen molar-refractivity contribution in [2.75, 3.05) is 0 Å². The SMILES string of the molecule is O=CCn1c(=O)oc2ccc([N+](=O)[O-])cc21. The molecule has 7 nitrogen and oxygen atoms in total. The molecule has 82 valence electrons. The van der Waals surface area contributed by atoms with Gasteiger partial charge in [-0.25, -0.2) is 4.79 Å². The fourth-order valence-electron chi connectivity index (χ4n) is 1.41. The zero-order chi connectivity index (χ0) is 11.7. The summed E-state index contributed by atoms with van der Waals surface area (Å²) >= 11 is 0. The second kappa shape index (κ2) is 3.61. The van der Waals surface area contributed by atoms with E-state index < -0.39 is 10.7 Å². The van der Waals surface area contributed by atoms with E-state index in [1.165, 1.54) is 18.2 Å². The molecule has 2 aromatic rings. The highest BCUT2D eigenvalue weighted by molar-refractivity contribution is 5.76. The van der Waals surface area contributed by atoms with Crippen molar-refractivity contribution >= 4 is 23.1 Å². The summed E-state index contributed by atoms with van der Waals surface area (Å²) in [6.07, 6.45) is 0.523. The number of hydrogen-bond donors (Lipinski definition) is 0. The Kier molecular flexibility index (Phi) is 2.28. The smallest absolute Gasteiger partial charge is 0.408 e. The van der Waals surface area contributed by atoms with Crippen LogP contribution in [0.2, 0.25) is 0 Å². The molecule has 0 unspecified atom stereocenters. The lowest BCUT2D eigenvalue weighted by atomic mass is 10.3. The first-order chi connectivity index (χ1) is 7.63. The van der Waals surface area contributed by atoms with E-state index in [0.717, 1.165) is 4.57 Å². The number of hydrogen-bond acceptors (Lipinski definition) is 5. The van der Waals surface area contributed by atoms with Gasteiger partial charge in [0, 0.05) is 12.1 Å². The molecule has 0 fully saturated rings. The van der Waals surface area contributed by atoms with Gasteiger partial charge in [0.2, 0.25) is 0 Å². The number of nitrogens with zero attached hydrogens (tertiary/aromatic N) is 2. The first-order valence-electron chi connectivity index (χ1n) is 4.35. The summed E-state index contributed by atoms with van der Waals surface area (Å²) in [5.74, 6) is -0.706. The lowest BCUT2D eigenvalue weighted by Gasteiger charge is -1.94. The summed E-state index contributed by atoms with van der Waals surface area (Å²) in [6.45, 7) is -0.187. The van der Waals surface area contributed by atoms with Crippen molar-refractivity contribution in [1.82, 2.24) is 4.57 Å². The van der Waals surface area contributed by atoms with Crippen molar-refractivity contribution in [3.63, 3.8) is 0 Å². The van der Waals surface area contributed by atoms with Crippen molar-refractivity contribution in [2.24, 2.45) is 0 Å². The first-order valence-corrected chi connectivity index (χ1v) is 4.35. The van der Waals surface area contributed by atoms with Gasteiger partial charge >= 0.3 is 5.76 Å². The Labute approximate surface area is 88.0 Å². The summed E-state index contributed by atoms with van der Waals surface area (Å²) in [6, 6.07) is 3.76. The third-order valence-corrected chi connectivity index (χ3v) is 2.12. The van der Waals surface area contributed by atoms with Crippen LogP contribution in [0.3, 0.4) is 0 Å². The zero-order valence-electron chi connectivity index (χ0n) is 7.95. The van der Waals surface area contributed by atoms with Crippen LogP contribution < -0.4 is 5.76 Å². The third-order valence-electron chi connectivity index (χ3n) is 2.12. The number of benzene rings is 1. The van der Waals surface area contributed by atoms with Crippen LogP contribution in [0.1, 0.15) is 0 Å². The van der Waals surface area contributed by atoms with Gasteiger partial charge in [-0.1, -0.05) is 0 Å². The largest absolute Gasteiger partial charge is 0.420 e. The van der Waals surface area contributed by atoms with Crippen molar-refractivity contribution in [3.8, 4) is 0 Å². The zero-order valence-corrected chi connectivity index (χ0v) is 7.95. The van der Waals surface area contributed by atoms with E-state index in [9.17, 15) is 19.7 Å². The maximum absolute atomic E-state index is 11.3. The Morgan fingerprint density at radius 3 is 2.88 bits per heavy atom. The molecule has 0 saturated heterocycles. The molecule has 16 heavy (non-hydrogen) atoms. The van der Waals surface area contributed by atoms with Gasteiger partial charge in [-0.15, -0.1) is 0 Å². The van der Waals surface area contributed by atoms with Crippen LogP contribution >= 0.6 is 0 Å². The molecule has 0 amide bonds. The summed E-state index contributed by atoms with van der Waals surface area (Å²) < 4.78 is 5.85. The Hall–Kier alpha value is -2.44. The first kappa shape index (κ1) is 10.1. The van der Waals surface area contributed by atoms with Crippen LogP contribution in [0.4, 0.5) is 5.69 Å². The third kappa shape index (κ3) is 1.48. The van der Waals surface area contributed by atoms with Crippen LogP contribution in [0.5, 0.6) is 0 Å². The summed E-state index contributed by atoms with van der Waals surface area (Å²) in [5.41, 5.74) is 0.302. The van der Waals surface area contributed by atoms with E-state index in [1.807, 2.05) is 0 Å². The van der Waals surface area contributed by atoms with Crippen LogP contribution in [-0.4, -0.2) is 15.8 Å². The highest BCUT2D eigenvalue weighted by atomic mass is 16.6. The predicted octanol–water partition coefficient (Wildman–Crippen LogP) is 0.702. The monoisotopic (exact) mass is 222 g/mol. The van der Waals surface area contributed by atoms with E-state index in [0.29, 0.717) is 6.29 Å². The molecule has 7 heteroatoms. The van der Waals surface area contributed by atoms with Crippen molar-refractivity contribution in [1.29, 1.82) is 0 Å². The van der Waals surface area contributed by atoms with Crippen molar-refractivity contribution in [3.05, 3.63) is 38.9 Å². The lowest BCUT2D eigenvalue weighted by molar-refractivity contribution is -0.384. The van der Waals surface area contributed by atoms with Gasteiger partial charge in [-0.05, 0) is 6.07 Å². The molecule has 0 bridgehead atoms. The van der Waals surface area contributed by atoms with Gasteiger partial charge in [0.15, 0.2) is 5.58 Å². The molecule has 0 N–H and O–H groups in total. The molecule has 0 aliphatic heterocycles. The molecule has 1 heterocycles. The van der Waals surface area contributed by atoms with Gasteiger partial charge in [-0.3, -0.25) is 14.7 Å². The maximum Gasteiger partial charge on any atom is 0.420 e. The second-order valence-electron chi connectivity index (χ2n) is 3.05. The van der Waals surface area contributed by atoms with Gasteiger partial charge in [0.05, 0.1) is 17.0 Å². The van der Waals surface area contributed by atoms with Gasteiger partial charge in [-0.2, -0.15) is 0 Å². The number of rotatable bonds is 3. The molecule has 0 atom stereocenters. The standard InChI is InChI=1S/C9H6N2O5/c12-4-3-10-7-5-6(11(14)15)1-2-8(7)16-9(10)13/h1-2,4-5H,3H2. The van der Waals surface area contributed by atoms with Crippen LogP contribution in [0, 0.1) is 10.1 Å². The summed E-state index contributed by atoms with van der Waals surface area (Å²) in [7, 11) is 0. The Morgan fingerprint density at radius 1 is 1.50 bits per heavy atom. The molecule has 1 aromatic heterocycles. The second-order valence-corrected chi connectivity index (χ2v) is 3.05. The number of oxazole rings is 1.